The maximum absolute atomic E-state index is 10.9. The summed E-state index contributed by atoms with van der Waals surface area (Å²) in [7, 11) is 0. The van der Waals surface area contributed by atoms with Crippen LogP contribution >= 0.6 is 11.6 Å². The first-order valence-electron chi connectivity index (χ1n) is 5.07. The first-order chi connectivity index (χ1) is 8.66. The van der Waals surface area contributed by atoms with E-state index in [0.717, 1.165) is 5.69 Å². The molecule has 0 aliphatic carbocycles. The van der Waals surface area contributed by atoms with Crippen LogP contribution in [-0.4, -0.2) is 26.3 Å². The Labute approximate surface area is 108 Å². The summed E-state index contributed by atoms with van der Waals surface area (Å²) in [5, 5.41) is 19.5. The van der Waals surface area contributed by atoms with Crippen LogP contribution in [0.15, 0.2) is 30.5 Å². The van der Waals surface area contributed by atoms with Crippen LogP contribution in [0.3, 0.4) is 0 Å². The normalized spacial score (nSPS) is 10.1. The average molecular weight is 265 g/mol. The standard InChI is InChI=1S/C11H9ClN4O2/c12-8-3-4-9(15-10(8)11(17)18)13-6-7-2-1-5-14-16-7/h1-5H,6H2,(H,13,15)(H,17,18). The minimum absolute atomic E-state index is 0.104. The summed E-state index contributed by atoms with van der Waals surface area (Å²) in [4.78, 5) is 14.7. The van der Waals surface area contributed by atoms with Crippen LogP contribution in [0.5, 0.6) is 0 Å². The van der Waals surface area contributed by atoms with Crippen molar-refractivity contribution in [2.75, 3.05) is 5.32 Å². The molecule has 2 aromatic rings. The first kappa shape index (κ1) is 12.3. The highest BCUT2D eigenvalue weighted by Crippen LogP contribution is 2.16. The molecule has 0 radical (unpaired) electrons. The quantitative estimate of drug-likeness (QED) is 0.876. The Kier molecular flexibility index (Phi) is 3.69. The number of nitrogens with one attached hydrogen (secondary N) is 1. The number of nitrogens with zero attached hydrogens (tertiary/aromatic N) is 3. The monoisotopic (exact) mass is 264 g/mol. The molecular formula is C11H9ClN4O2. The van der Waals surface area contributed by atoms with Crippen LogP contribution in [0.4, 0.5) is 5.82 Å². The fourth-order valence-electron chi connectivity index (χ4n) is 1.30. The van der Waals surface area contributed by atoms with Crippen LogP contribution < -0.4 is 5.32 Å². The first-order valence-corrected chi connectivity index (χ1v) is 5.45. The summed E-state index contributed by atoms with van der Waals surface area (Å²) in [6.07, 6.45) is 1.58. The largest absolute Gasteiger partial charge is 0.476 e. The van der Waals surface area contributed by atoms with Crippen molar-refractivity contribution in [3.63, 3.8) is 0 Å². The van der Waals surface area contributed by atoms with Crippen molar-refractivity contribution in [1.82, 2.24) is 15.2 Å². The van der Waals surface area contributed by atoms with Crippen molar-refractivity contribution < 1.29 is 9.90 Å². The van der Waals surface area contributed by atoms with E-state index < -0.39 is 5.97 Å². The van der Waals surface area contributed by atoms with Gasteiger partial charge >= 0.3 is 5.97 Å². The van der Waals surface area contributed by atoms with Crippen molar-refractivity contribution in [2.24, 2.45) is 0 Å². The highest BCUT2D eigenvalue weighted by atomic mass is 35.5. The zero-order chi connectivity index (χ0) is 13.0. The minimum atomic E-state index is -1.16. The Bertz CT molecular complexity index is 562. The van der Waals surface area contributed by atoms with Gasteiger partial charge in [-0.25, -0.2) is 9.78 Å². The number of aromatic nitrogens is 3. The molecule has 7 heteroatoms. The van der Waals surface area contributed by atoms with Crippen molar-refractivity contribution in [3.05, 3.63) is 46.9 Å². The number of aromatic carboxylic acids is 1. The molecule has 0 aliphatic rings. The summed E-state index contributed by atoms with van der Waals surface area (Å²) in [6, 6.07) is 6.65. The van der Waals surface area contributed by atoms with E-state index in [1.807, 2.05) is 0 Å². The Hall–Kier alpha value is -2.21. The molecule has 0 atom stereocenters. The van der Waals surface area contributed by atoms with E-state index in [1.54, 1.807) is 24.4 Å². The average Bonchev–Trinajstić information content (AvgIpc) is 2.38. The van der Waals surface area contributed by atoms with Crippen LogP contribution in [0.1, 0.15) is 16.2 Å². The van der Waals surface area contributed by atoms with E-state index in [0.29, 0.717) is 12.4 Å². The van der Waals surface area contributed by atoms with Gasteiger partial charge < -0.3 is 10.4 Å². The molecule has 0 amide bonds. The van der Waals surface area contributed by atoms with Crippen LogP contribution in [0, 0.1) is 0 Å². The van der Waals surface area contributed by atoms with Crippen LogP contribution in [0.25, 0.3) is 0 Å². The Morgan fingerprint density at radius 3 is 2.89 bits per heavy atom. The van der Waals surface area contributed by atoms with Crippen LogP contribution in [-0.2, 0) is 6.54 Å². The zero-order valence-corrected chi connectivity index (χ0v) is 9.92. The molecule has 0 saturated heterocycles. The van der Waals surface area contributed by atoms with Crippen molar-refractivity contribution in [3.8, 4) is 0 Å². The Morgan fingerprint density at radius 2 is 2.22 bits per heavy atom. The second-order valence-corrected chi connectivity index (χ2v) is 3.81. The second-order valence-electron chi connectivity index (χ2n) is 3.40. The fourth-order valence-corrected chi connectivity index (χ4v) is 1.49. The maximum Gasteiger partial charge on any atom is 0.356 e. The number of halogens is 1. The number of hydrogen-bond donors (Lipinski definition) is 2. The molecule has 92 valence electrons. The van der Waals surface area contributed by atoms with Gasteiger partial charge in [-0.05, 0) is 24.3 Å². The topological polar surface area (TPSA) is 88.0 Å². The lowest BCUT2D eigenvalue weighted by Crippen LogP contribution is -2.07. The molecule has 0 spiro atoms. The molecule has 6 nitrogen and oxygen atoms in total. The van der Waals surface area contributed by atoms with Gasteiger partial charge in [-0.3, -0.25) is 0 Å². The molecule has 2 rings (SSSR count). The van der Waals surface area contributed by atoms with Gasteiger partial charge in [0.25, 0.3) is 0 Å². The van der Waals surface area contributed by atoms with Gasteiger partial charge in [-0.2, -0.15) is 10.2 Å². The summed E-state index contributed by atoms with van der Waals surface area (Å²) in [5.74, 6) is -0.745. The van der Waals surface area contributed by atoms with E-state index in [4.69, 9.17) is 16.7 Å². The van der Waals surface area contributed by atoms with Gasteiger partial charge in [0.05, 0.1) is 17.3 Å². The molecule has 2 aromatic heterocycles. The number of carboxylic acid groups (broad SMARTS) is 1. The van der Waals surface area contributed by atoms with E-state index in [9.17, 15) is 4.79 Å². The number of carbonyl (C=O) groups is 1. The Balaban J connectivity index is 2.11. The summed E-state index contributed by atoms with van der Waals surface area (Å²) in [5.41, 5.74) is 0.548. The summed E-state index contributed by atoms with van der Waals surface area (Å²) in [6.45, 7) is 0.404. The molecular weight excluding hydrogens is 256 g/mol. The number of hydrogen-bond acceptors (Lipinski definition) is 5. The summed E-state index contributed by atoms with van der Waals surface area (Å²) >= 11 is 5.71. The minimum Gasteiger partial charge on any atom is -0.476 e. The smallest absolute Gasteiger partial charge is 0.356 e. The summed E-state index contributed by atoms with van der Waals surface area (Å²) < 4.78 is 0. The molecule has 2 N–H and O–H groups in total. The number of anilines is 1. The SMILES string of the molecule is O=C(O)c1nc(NCc2cccnn2)ccc1Cl. The lowest BCUT2D eigenvalue weighted by molar-refractivity contribution is 0.0691. The molecule has 0 aliphatic heterocycles. The van der Waals surface area contributed by atoms with Crippen molar-refractivity contribution in [2.45, 2.75) is 6.54 Å². The lowest BCUT2D eigenvalue weighted by Gasteiger charge is -2.06. The lowest BCUT2D eigenvalue weighted by atomic mass is 10.3. The maximum atomic E-state index is 10.9. The highest BCUT2D eigenvalue weighted by Gasteiger charge is 2.11. The molecule has 0 bridgehead atoms. The number of carboxylic acids is 1. The van der Waals surface area contributed by atoms with E-state index >= 15 is 0 Å². The third kappa shape index (κ3) is 2.92. The molecule has 2 heterocycles. The van der Waals surface area contributed by atoms with Crippen molar-refractivity contribution in [1.29, 1.82) is 0 Å². The van der Waals surface area contributed by atoms with Gasteiger partial charge in [-0.15, -0.1) is 0 Å². The Morgan fingerprint density at radius 1 is 1.39 bits per heavy atom. The fraction of sp³-hybridized carbons (Fsp3) is 0.0909. The number of pyridine rings is 1. The van der Waals surface area contributed by atoms with E-state index in [2.05, 4.69) is 20.5 Å². The molecule has 0 fully saturated rings. The number of rotatable bonds is 4. The highest BCUT2D eigenvalue weighted by molar-refractivity contribution is 6.33. The van der Waals surface area contributed by atoms with Gasteiger partial charge in [-0.1, -0.05) is 11.6 Å². The molecule has 0 saturated carbocycles. The third-order valence-electron chi connectivity index (χ3n) is 2.13. The molecule has 18 heavy (non-hydrogen) atoms. The predicted molar refractivity (Wildman–Crippen MR) is 65.6 cm³/mol. The van der Waals surface area contributed by atoms with Gasteiger partial charge in [0, 0.05) is 6.20 Å². The van der Waals surface area contributed by atoms with Crippen LogP contribution in [0.2, 0.25) is 5.02 Å². The zero-order valence-electron chi connectivity index (χ0n) is 9.17. The second kappa shape index (κ2) is 5.42. The molecule has 0 aromatic carbocycles. The van der Waals surface area contributed by atoms with E-state index in [-0.39, 0.29) is 10.7 Å². The van der Waals surface area contributed by atoms with Gasteiger partial charge in [0.15, 0.2) is 5.69 Å². The van der Waals surface area contributed by atoms with Gasteiger partial charge in [0.1, 0.15) is 5.82 Å². The van der Waals surface area contributed by atoms with Gasteiger partial charge in [0.2, 0.25) is 0 Å². The van der Waals surface area contributed by atoms with Crippen molar-refractivity contribution >= 4 is 23.4 Å². The molecule has 0 unspecified atom stereocenters. The van der Waals surface area contributed by atoms with E-state index in [1.165, 1.54) is 6.07 Å². The predicted octanol–water partition coefficient (Wildman–Crippen LogP) is 1.84. The third-order valence-corrected chi connectivity index (χ3v) is 2.43.